The van der Waals surface area contributed by atoms with E-state index in [0.29, 0.717) is 11.3 Å². The molecule has 0 atom stereocenters. The number of urea groups is 1. The Morgan fingerprint density at radius 2 is 2.14 bits per heavy atom. The predicted molar refractivity (Wildman–Crippen MR) is 88.1 cm³/mol. The van der Waals surface area contributed by atoms with Gasteiger partial charge in [-0.2, -0.15) is 11.8 Å². The van der Waals surface area contributed by atoms with Gasteiger partial charge in [0.05, 0.1) is 5.69 Å². The summed E-state index contributed by atoms with van der Waals surface area (Å²) in [6.45, 7) is 6.03. The second kappa shape index (κ2) is 6.52. The highest BCUT2D eigenvalue weighted by Gasteiger charge is 2.38. The van der Waals surface area contributed by atoms with Crippen LogP contribution in [0.4, 0.5) is 4.79 Å². The fraction of sp³-hybridized carbons (Fsp3) is 0.750. The second-order valence-corrected chi connectivity index (χ2v) is 8.04. The van der Waals surface area contributed by atoms with Gasteiger partial charge in [-0.15, -0.1) is 0 Å². The number of amides is 2. The number of carbonyl (C=O) groups excluding carboxylic acids is 1. The topological polar surface area (TPSA) is 58.4 Å². The summed E-state index contributed by atoms with van der Waals surface area (Å²) in [5, 5.41) is 6.97. The van der Waals surface area contributed by atoms with E-state index in [2.05, 4.69) is 22.2 Å². The predicted octanol–water partition coefficient (Wildman–Crippen LogP) is 3.25. The Balaban J connectivity index is 1.58. The summed E-state index contributed by atoms with van der Waals surface area (Å²) in [6.07, 6.45) is 6.47. The van der Waals surface area contributed by atoms with Crippen LogP contribution in [0.15, 0.2) is 4.52 Å². The Labute approximate surface area is 136 Å². The van der Waals surface area contributed by atoms with E-state index in [9.17, 15) is 4.79 Å². The van der Waals surface area contributed by atoms with E-state index in [4.69, 9.17) is 4.52 Å². The first-order valence-corrected chi connectivity index (χ1v) is 9.17. The molecule has 2 heterocycles. The molecule has 0 aromatic carbocycles. The molecule has 2 fully saturated rings. The van der Waals surface area contributed by atoms with Crippen molar-refractivity contribution in [2.75, 3.05) is 18.8 Å². The molecule has 3 rings (SSSR count). The zero-order valence-corrected chi connectivity index (χ0v) is 14.3. The van der Waals surface area contributed by atoms with Crippen LogP contribution in [0.2, 0.25) is 0 Å². The molecule has 2 aliphatic rings. The Kier molecular flexibility index (Phi) is 4.66. The van der Waals surface area contributed by atoms with Crippen molar-refractivity contribution in [1.82, 2.24) is 15.4 Å². The maximum Gasteiger partial charge on any atom is 0.317 e. The molecule has 1 aliphatic heterocycles. The summed E-state index contributed by atoms with van der Waals surface area (Å²) in [7, 11) is 0. The summed E-state index contributed by atoms with van der Waals surface area (Å²) < 4.78 is 5.46. The minimum atomic E-state index is 0.0465. The second-order valence-electron chi connectivity index (χ2n) is 6.48. The highest BCUT2D eigenvalue weighted by atomic mass is 32.2. The molecular formula is C16H25N3O2S. The maximum absolute atomic E-state index is 12.5. The van der Waals surface area contributed by atoms with E-state index in [0.717, 1.165) is 35.9 Å². The van der Waals surface area contributed by atoms with E-state index in [-0.39, 0.29) is 6.03 Å². The highest BCUT2D eigenvalue weighted by molar-refractivity contribution is 8.00. The van der Waals surface area contributed by atoms with Gasteiger partial charge in [-0.1, -0.05) is 24.4 Å². The number of carbonyl (C=O) groups is 1. The van der Waals surface area contributed by atoms with Crippen LogP contribution >= 0.6 is 11.8 Å². The molecule has 1 N–H and O–H groups in total. The molecule has 22 heavy (non-hydrogen) atoms. The summed E-state index contributed by atoms with van der Waals surface area (Å²) in [6, 6.07) is 0.0465. The molecule has 1 spiro atoms. The van der Waals surface area contributed by atoms with E-state index in [1.807, 2.05) is 18.7 Å². The van der Waals surface area contributed by atoms with Crippen molar-refractivity contribution in [3.63, 3.8) is 0 Å². The van der Waals surface area contributed by atoms with Crippen molar-refractivity contribution >= 4 is 17.8 Å². The van der Waals surface area contributed by atoms with Crippen molar-refractivity contribution in [1.29, 1.82) is 0 Å². The molecule has 1 saturated carbocycles. The standard InChI is InChI=1S/C16H25N3O2S/c1-12-14(13(2)21-18-12)10-17-15(20)19-8-9-22-16(11-19)6-4-3-5-7-16/h3-11H2,1-2H3,(H,17,20). The van der Waals surface area contributed by atoms with Gasteiger partial charge < -0.3 is 14.7 Å². The number of thioether (sulfide) groups is 1. The lowest BCUT2D eigenvalue weighted by Crippen LogP contribution is -2.52. The van der Waals surface area contributed by atoms with Gasteiger partial charge in [-0.05, 0) is 26.7 Å². The van der Waals surface area contributed by atoms with Gasteiger partial charge in [0.25, 0.3) is 0 Å². The van der Waals surface area contributed by atoms with E-state index in [1.54, 1.807) is 0 Å². The Morgan fingerprint density at radius 3 is 2.82 bits per heavy atom. The third-order valence-corrected chi connectivity index (χ3v) is 6.43. The van der Waals surface area contributed by atoms with Crippen molar-refractivity contribution in [2.45, 2.75) is 57.2 Å². The number of nitrogens with one attached hydrogen (secondary N) is 1. The van der Waals surface area contributed by atoms with Gasteiger partial charge in [-0.25, -0.2) is 4.79 Å². The number of rotatable bonds is 2. The summed E-state index contributed by atoms with van der Waals surface area (Å²) >= 11 is 2.08. The molecule has 1 aliphatic carbocycles. The summed E-state index contributed by atoms with van der Waals surface area (Å²) in [4.78, 5) is 14.5. The van der Waals surface area contributed by atoms with Crippen molar-refractivity contribution in [3.8, 4) is 0 Å². The van der Waals surface area contributed by atoms with Crippen LogP contribution in [-0.4, -0.2) is 39.7 Å². The smallest absolute Gasteiger partial charge is 0.317 e. The van der Waals surface area contributed by atoms with Crippen molar-refractivity contribution < 1.29 is 9.32 Å². The Bertz CT molecular complexity index is 512. The van der Waals surface area contributed by atoms with Crippen LogP contribution in [0, 0.1) is 13.8 Å². The quantitative estimate of drug-likeness (QED) is 0.907. The number of aromatic nitrogens is 1. The average Bonchev–Trinajstić information content (AvgIpc) is 2.84. The van der Waals surface area contributed by atoms with Crippen LogP contribution in [0.1, 0.15) is 49.1 Å². The molecule has 1 aromatic heterocycles. The molecule has 0 unspecified atom stereocenters. The molecule has 5 nitrogen and oxygen atoms in total. The largest absolute Gasteiger partial charge is 0.361 e. The third-order valence-electron chi connectivity index (χ3n) is 4.90. The average molecular weight is 323 g/mol. The molecule has 2 amide bonds. The molecule has 6 heteroatoms. The monoisotopic (exact) mass is 323 g/mol. The molecule has 0 radical (unpaired) electrons. The number of nitrogens with zero attached hydrogens (tertiary/aromatic N) is 2. The molecular weight excluding hydrogens is 298 g/mol. The van der Waals surface area contributed by atoms with Crippen LogP contribution in [0.5, 0.6) is 0 Å². The maximum atomic E-state index is 12.5. The first-order chi connectivity index (χ1) is 10.6. The number of aryl methyl sites for hydroxylation is 2. The van der Waals surface area contributed by atoms with Gasteiger partial charge in [-0.3, -0.25) is 0 Å². The van der Waals surface area contributed by atoms with Crippen molar-refractivity contribution in [2.24, 2.45) is 0 Å². The molecule has 122 valence electrons. The van der Waals surface area contributed by atoms with Crippen LogP contribution < -0.4 is 5.32 Å². The van der Waals surface area contributed by atoms with Crippen molar-refractivity contribution in [3.05, 3.63) is 17.0 Å². The first kappa shape index (κ1) is 15.7. The molecule has 1 aromatic rings. The van der Waals surface area contributed by atoms with Crippen LogP contribution in [0.3, 0.4) is 0 Å². The van der Waals surface area contributed by atoms with Gasteiger partial charge in [0.1, 0.15) is 5.76 Å². The summed E-state index contributed by atoms with van der Waals surface area (Å²) in [5.74, 6) is 1.84. The Hall–Kier alpha value is -1.17. The first-order valence-electron chi connectivity index (χ1n) is 8.18. The lowest BCUT2D eigenvalue weighted by atomic mass is 9.87. The lowest BCUT2D eigenvalue weighted by molar-refractivity contribution is 0.184. The molecule has 1 saturated heterocycles. The van der Waals surface area contributed by atoms with E-state index in [1.165, 1.54) is 32.1 Å². The van der Waals surface area contributed by atoms with Gasteiger partial charge >= 0.3 is 6.03 Å². The molecule has 0 bridgehead atoms. The summed E-state index contributed by atoms with van der Waals surface area (Å²) in [5.41, 5.74) is 1.85. The third kappa shape index (κ3) is 3.26. The highest BCUT2D eigenvalue weighted by Crippen LogP contribution is 2.42. The number of hydrogen-bond donors (Lipinski definition) is 1. The van der Waals surface area contributed by atoms with Gasteiger partial charge in [0.2, 0.25) is 0 Å². The zero-order chi connectivity index (χ0) is 15.6. The zero-order valence-electron chi connectivity index (χ0n) is 13.5. The Morgan fingerprint density at radius 1 is 1.36 bits per heavy atom. The SMILES string of the molecule is Cc1noc(C)c1CNC(=O)N1CCSC2(CCCCC2)C1. The minimum Gasteiger partial charge on any atom is -0.361 e. The normalized spacial score (nSPS) is 21.1. The fourth-order valence-electron chi connectivity index (χ4n) is 3.55. The van der Waals surface area contributed by atoms with Gasteiger partial charge in [0, 0.05) is 35.7 Å². The van der Waals surface area contributed by atoms with Crippen LogP contribution in [-0.2, 0) is 6.54 Å². The lowest BCUT2D eigenvalue weighted by Gasteiger charge is -2.44. The van der Waals surface area contributed by atoms with E-state index >= 15 is 0 Å². The fourth-order valence-corrected chi connectivity index (χ4v) is 5.12. The number of hydrogen-bond acceptors (Lipinski definition) is 4. The van der Waals surface area contributed by atoms with E-state index < -0.39 is 0 Å². The van der Waals surface area contributed by atoms with Crippen LogP contribution in [0.25, 0.3) is 0 Å². The van der Waals surface area contributed by atoms with Gasteiger partial charge in [0.15, 0.2) is 0 Å². The minimum absolute atomic E-state index is 0.0465.